The van der Waals surface area contributed by atoms with Crippen molar-refractivity contribution in [3.05, 3.63) is 75.3 Å². The van der Waals surface area contributed by atoms with Crippen molar-refractivity contribution in [3.63, 3.8) is 0 Å². The number of aromatic nitrogens is 8. The van der Waals surface area contributed by atoms with Gasteiger partial charge in [0, 0.05) is 26.6 Å². The van der Waals surface area contributed by atoms with E-state index in [9.17, 15) is 0 Å². The van der Waals surface area contributed by atoms with Crippen LogP contribution in [0.2, 0.25) is 15.1 Å². The summed E-state index contributed by atoms with van der Waals surface area (Å²) in [5.41, 5.74) is 3.13. The van der Waals surface area contributed by atoms with Gasteiger partial charge in [-0.15, -0.1) is 15.3 Å². The van der Waals surface area contributed by atoms with Gasteiger partial charge in [-0.1, -0.05) is 67.7 Å². The topological polar surface area (TPSA) is 100 Å². The summed E-state index contributed by atoms with van der Waals surface area (Å²) in [6.45, 7) is 6.28. The zero-order chi connectivity index (χ0) is 24.7. The van der Waals surface area contributed by atoms with Crippen LogP contribution < -0.4 is 0 Å². The second-order valence-corrected chi connectivity index (χ2v) is 10.1. The molecule has 0 unspecified atom stereocenters. The third-order valence-electron chi connectivity index (χ3n) is 5.22. The standard InChI is InChI=1S/C23H19Cl3N8O/c1-23(2,3)22-29-28-21(35-22)19-16(11-33-12-27-31-32-33)20(13-4-6-14(24)7-5-13)34(30-19)18-9-8-15(25)10-17(18)26/h4-10,12H,11H2,1-3H3. The second-order valence-electron chi connectivity index (χ2n) is 8.86. The lowest BCUT2D eigenvalue weighted by atomic mass is 9.97. The summed E-state index contributed by atoms with van der Waals surface area (Å²) in [7, 11) is 0. The minimum absolute atomic E-state index is 0.275. The van der Waals surface area contributed by atoms with Gasteiger partial charge in [-0.3, -0.25) is 0 Å². The van der Waals surface area contributed by atoms with Gasteiger partial charge in [-0.05, 0) is 40.8 Å². The summed E-state index contributed by atoms with van der Waals surface area (Å²) in [6, 6.07) is 12.6. The van der Waals surface area contributed by atoms with Crippen molar-refractivity contribution in [3.8, 4) is 28.5 Å². The van der Waals surface area contributed by atoms with Gasteiger partial charge < -0.3 is 4.42 Å². The van der Waals surface area contributed by atoms with Crippen LogP contribution in [0.5, 0.6) is 0 Å². The Bertz CT molecular complexity index is 1480. The largest absolute Gasteiger partial charge is 0.419 e. The molecule has 0 saturated carbocycles. The Morgan fingerprint density at radius 2 is 1.69 bits per heavy atom. The first-order valence-corrected chi connectivity index (χ1v) is 11.7. The first-order valence-electron chi connectivity index (χ1n) is 10.6. The number of rotatable bonds is 5. The Hall–Kier alpha value is -3.27. The first kappa shape index (κ1) is 23.5. The molecule has 0 fully saturated rings. The van der Waals surface area contributed by atoms with Gasteiger partial charge in [-0.2, -0.15) is 5.10 Å². The van der Waals surface area contributed by atoms with E-state index in [1.165, 1.54) is 6.33 Å². The SMILES string of the molecule is CC(C)(C)c1nnc(-c2nn(-c3ccc(Cl)cc3Cl)c(-c3ccc(Cl)cc3)c2Cn2cnnn2)o1. The van der Waals surface area contributed by atoms with Crippen LogP contribution in [-0.4, -0.2) is 40.2 Å². The fourth-order valence-corrected chi connectivity index (χ4v) is 4.15. The molecule has 0 amide bonds. The van der Waals surface area contributed by atoms with Crippen LogP contribution >= 0.6 is 34.8 Å². The average Bonchev–Trinajstić information content (AvgIpc) is 3.55. The Balaban J connectivity index is 1.81. The molecule has 5 rings (SSSR count). The zero-order valence-corrected chi connectivity index (χ0v) is 21.2. The predicted octanol–water partition coefficient (Wildman–Crippen LogP) is 5.88. The minimum Gasteiger partial charge on any atom is -0.419 e. The van der Waals surface area contributed by atoms with Gasteiger partial charge in [0.2, 0.25) is 5.89 Å². The van der Waals surface area contributed by atoms with Crippen LogP contribution in [0.3, 0.4) is 0 Å². The lowest BCUT2D eigenvalue weighted by molar-refractivity contribution is 0.398. The van der Waals surface area contributed by atoms with Crippen molar-refractivity contribution < 1.29 is 4.42 Å². The number of hydrogen-bond donors (Lipinski definition) is 0. The van der Waals surface area contributed by atoms with E-state index >= 15 is 0 Å². The number of halogens is 3. The zero-order valence-electron chi connectivity index (χ0n) is 18.9. The number of nitrogens with zero attached hydrogens (tertiary/aromatic N) is 8. The van der Waals surface area contributed by atoms with Gasteiger partial charge >= 0.3 is 0 Å². The molecule has 0 atom stereocenters. The summed E-state index contributed by atoms with van der Waals surface area (Å²) in [6.07, 6.45) is 1.52. The molecule has 12 heteroatoms. The summed E-state index contributed by atoms with van der Waals surface area (Å²) in [5, 5.41) is 26.6. The van der Waals surface area contributed by atoms with E-state index in [0.29, 0.717) is 38.9 Å². The molecule has 0 saturated heterocycles. The Labute approximate surface area is 215 Å². The molecule has 3 aromatic heterocycles. The lowest BCUT2D eigenvalue weighted by Crippen LogP contribution is -2.11. The van der Waals surface area contributed by atoms with Gasteiger partial charge in [0.25, 0.3) is 5.89 Å². The minimum atomic E-state index is -0.331. The molecule has 0 aliphatic rings. The molecule has 178 valence electrons. The maximum Gasteiger partial charge on any atom is 0.268 e. The Kier molecular flexibility index (Phi) is 6.08. The van der Waals surface area contributed by atoms with E-state index in [1.807, 2.05) is 45.0 Å². The highest BCUT2D eigenvalue weighted by molar-refractivity contribution is 6.35. The van der Waals surface area contributed by atoms with Gasteiger partial charge in [0.1, 0.15) is 6.33 Å². The lowest BCUT2D eigenvalue weighted by Gasteiger charge is -2.12. The van der Waals surface area contributed by atoms with E-state index < -0.39 is 0 Å². The Morgan fingerprint density at radius 1 is 0.943 bits per heavy atom. The van der Waals surface area contributed by atoms with Crippen molar-refractivity contribution >= 4 is 34.8 Å². The third-order valence-corrected chi connectivity index (χ3v) is 6.01. The maximum atomic E-state index is 6.61. The average molecular weight is 530 g/mol. The molecule has 0 aliphatic carbocycles. The fraction of sp³-hybridized carbons (Fsp3) is 0.217. The maximum absolute atomic E-state index is 6.61. The van der Waals surface area contributed by atoms with Crippen LogP contribution in [0.4, 0.5) is 0 Å². The van der Waals surface area contributed by atoms with Crippen LogP contribution in [0.25, 0.3) is 28.5 Å². The van der Waals surface area contributed by atoms with Crippen molar-refractivity contribution in [1.29, 1.82) is 0 Å². The van der Waals surface area contributed by atoms with Crippen LogP contribution in [0.15, 0.2) is 53.2 Å². The van der Waals surface area contributed by atoms with Gasteiger partial charge in [-0.25, -0.2) is 9.36 Å². The second kappa shape index (κ2) is 9.07. The highest BCUT2D eigenvalue weighted by Gasteiger charge is 2.29. The van der Waals surface area contributed by atoms with E-state index in [-0.39, 0.29) is 11.3 Å². The van der Waals surface area contributed by atoms with E-state index in [4.69, 9.17) is 44.3 Å². The van der Waals surface area contributed by atoms with Crippen LogP contribution in [-0.2, 0) is 12.0 Å². The number of benzene rings is 2. The summed E-state index contributed by atoms with van der Waals surface area (Å²) in [5.74, 6) is 0.769. The van der Waals surface area contributed by atoms with Gasteiger partial charge in [0.15, 0.2) is 5.69 Å². The molecule has 3 heterocycles. The molecule has 2 aromatic carbocycles. The van der Waals surface area contributed by atoms with E-state index in [0.717, 1.165) is 16.8 Å². The molecule has 0 radical (unpaired) electrons. The van der Waals surface area contributed by atoms with Crippen molar-refractivity contribution in [1.82, 2.24) is 40.2 Å². The first-order chi connectivity index (χ1) is 16.7. The Morgan fingerprint density at radius 3 is 2.31 bits per heavy atom. The van der Waals surface area contributed by atoms with Crippen molar-refractivity contribution in [2.24, 2.45) is 0 Å². The number of tetrazole rings is 1. The van der Waals surface area contributed by atoms with Gasteiger partial charge in [0.05, 0.1) is 22.9 Å². The highest BCUT2D eigenvalue weighted by atomic mass is 35.5. The number of hydrogen-bond acceptors (Lipinski definition) is 7. The van der Waals surface area contributed by atoms with Crippen LogP contribution in [0.1, 0.15) is 32.2 Å². The van der Waals surface area contributed by atoms with Crippen molar-refractivity contribution in [2.75, 3.05) is 0 Å². The summed E-state index contributed by atoms with van der Waals surface area (Å²) < 4.78 is 9.39. The molecule has 0 N–H and O–H groups in total. The third kappa shape index (κ3) is 4.67. The highest BCUT2D eigenvalue weighted by Crippen LogP contribution is 2.37. The predicted molar refractivity (Wildman–Crippen MR) is 133 cm³/mol. The molecule has 0 bridgehead atoms. The molecule has 5 aromatic rings. The normalized spacial score (nSPS) is 11.8. The molecule has 0 aliphatic heterocycles. The molecule has 9 nitrogen and oxygen atoms in total. The monoisotopic (exact) mass is 528 g/mol. The summed E-state index contributed by atoms with van der Waals surface area (Å²) in [4.78, 5) is 0. The smallest absolute Gasteiger partial charge is 0.268 e. The van der Waals surface area contributed by atoms with E-state index in [1.54, 1.807) is 27.6 Å². The molecule has 35 heavy (non-hydrogen) atoms. The molecular weight excluding hydrogens is 511 g/mol. The quantitative estimate of drug-likeness (QED) is 0.280. The van der Waals surface area contributed by atoms with Crippen LogP contribution in [0, 0.1) is 0 Å². The molecule has 0 spiro atoms. The fourth-order valence-electron chi connectivity index (χ4n) is 3.54. The van der Waals surface area contributed by atoms with Crippen molar-refractivity contribution in [2.45, 2.75) is 32.7 Å². The summed E-state index contributed by atoms with van der Waals surface area (Å²) >= 11 is 18.9. The van der Waals surface area contributed by atoms with E-state index in [2.05, 4.69) is 25.7 Å². The molecular formula is C23H19Cl3N8O.